The Bertz CT molecular complexity index is 1000. The van der Waals surface area contributed by atoms with E-state index in [1.807, 2.05) is 0 Å². The summed E-state index contributed by atoms with van der Waals surface area (Å²) < 4.78 is 1.75. The molecule has 1 fully saturated rings. The quantitative estimate of drug-likeness (QED) is 0.710. The topological polar surface area (TPSA) is 70.5 Å². The number of hydrogen-bond donors (Lipinski definition) is 1. The van der Waals surface area contributed by atoms with Gasteiger partial charge in [-0.05, 0) is 25.0 Å². The lowest BCUT2D eigenvalue weighted by molar-refractivity contribution is -0.119. The number of likely N-dealkylation sites (tertiary alicyclic amines) is 1. The Morgan fingerprint density at radius 3 is 2.67 bits per heavy atom. The molecule has 3 aromatic rings. The maximum Gasteiger partial charge on any atom is 0.251 e. The molecule has 6 nitrogen and oxygen atoms in total. The van der Waals surface area contributed by atoms with Gasteiger partial charge in [0.05, 0.1) is 10.7 Å². The zero-order valence-corrected chi connectivity index (χ0v) is 14.1. The van der Waals surface area contributed by atoms with Gasteiger partial charge in [-0.25, -0.2) is 4.52 Å². The first-order valence-corrected chi connectivity index (χ1v) is 8.42. The highest BCUT2D eigenvalue weighted by atomic mass is 35.5. The highest BCUT2D eigenvalue weighted by Crippen LogP contribution is 2.32. The predicted octanol–water partition coefficient (Wildman–Crippen LogP) is 2.82. The summed E-state index contributed by atoms with van der Waals surface area (Å²) in [5, 5.41) is 6.24. The van der Waals surface area contributed by atoms with Gasteiger partial charge in [-0.2, -0.15) is 5.10 Å². The number of nitrogens with zero attached hydrogens (tertiary/aromatic N) is 3. The molecule has 2 aromatic heterocycles. The number of fused-ring (bicyclic) bond motifs is 3. The van der Waals surface area contributed by atoms with Crippen LogP contribution in [0.1, 0.15) is 24.5 Å². The number of aromatic amines is 1. The van der Waals surface area contributed by atoms with Gasteiger partial charge >= 0.3 is 0 Å². The first kappa shape index (κ1) is 15.5. The minimum absolute atomic E-state index is 0.162. The van der Waals surface area contributed by atoms with Crippen molar-refractivity contribution < 1.29 is 4.79 Å². The van der Waals surface area contributed by atoms with Crippen molar-refractivity contribution in [3.63, 3.8) is 0 Å². The number of halogens is 2. The first-order valence-electron chi connectivity index (χ1n) is 7.67. The number of carbonyl (C=O) groups is 1. The molecule has 1 saturated heterocycles. The summed E-state index contributed by atoms with van der Waals surface area (Å²) in [6.45, 7) is 1.35. The summed E-state index contributed by atoms with van der Waals surface area (Å²) in [5.41, 5.74) is 1.85. The van der Waals surface area contributed by atoms with Crippen LogP contribution < -0.4 is 5.56 Å². The molecule has 24 heavy (non-hydrogen) atoms. The molecule has 1 amide bonds. The monoisotopic (exact) mass is 364 g/mol. The summed E-state index contributed by atoms with van der Waals surface area (Å²) in [4.78, 5) is 27.6. The molecular weight excluding hydrogens is 351 g/mol. The number of hydrogen-bond acceptors (Lipinski definition) is 3. The molecule has 0 unspecified atom stereocenters. The lowest BCUT2D eigenvalue weighted by atomic mass is 9.93. The third-order valence-corrected chi connectivity index (χ3v) is 5.06. The average molecular weight is 365 g/mol. The number of amides is 1. The van der Waals surface area contributed by atoms with Crippen LogP contribution in [0.15, 0.2) is 23.0 Å². The van der Waals surface area contributed by atoms with Gasteiger partial charge in [0.15, 0.2) is 0 Å². The molecule has 0 atom stereocenters. The van der Waals surface area contributed by atoms with E-state index in [1.165, 1.54) is 0 Å². The Morgan fingerprint density at radius 1 is 1.21 bits per heavy atom. The van der Waals surface area contributed by atoms with Crippen LogP contribution in [-0.2, 0) is 4.79 Å². The van der Waals surface area contributed by atoms with E-state index in [2.05, 4.69) is 10.1 Å². The molecule has 1 N–H and O–H groups in total. The molecule has 1 aromatic carbocycles. The lowest BCUT2D eigenvalue weighted by Gasteiger charge is -2.29. The lowest BCUT2D eigenvalue weighted by Crippen LogP contribution is -2.32. The summed E-state index contributed by atoms with van der Waals surface area (Å²) in [6, 6.07) is 4.97. The number of nitrogens with one attached hydrogen (secondary N) is 1. The number of piperidine rings is 1. The van der Waals surface area contributed by atoms with E-state index < -0.39 is 0 Å². The second kappa shape index (κ2) is 5.79. The highest BCUT2D eigenvalue weighted by molar-refractivity contribution is 6.38. The molecule has 0 radical (unpaired) electrons. The SMILES string of the molecule is O=CN1CCC(c2cc(=O)[nH]c3c4cc(Cl)cc(Cl)c4nn23)CC1. The van der Waals surface area contributed by atoms with Crippen molar-refractivity contribution >= 4 is 46.2 Å². The molecule has 8 heteroatoms. The van der Waals surface area contributed by atoms with Crippen molar-refractivity contribution in [1.82, 2.24) is 19.5 Å². The van der Waals surface area contributed by atoms with Gasteiger partial charge in [-0.15, -0.1) is 0 Å². The van der Waals surface area contributed by atoms with Crippen molar-refractivity contribution in [2.75, 3.05) is 13.1 Å². The Morgan fingerprint density at radius 2 is 1.96 bits per heavy atom. The predicted molar refractivity (Wildman–Crippen MR) is 93.0 cm³/mol. The molecule has 0 spiro atoms. The van der Waals surface area contributed by atoms with E-state index in [1.54, 1.807) is 27.6 Å². The molecular formula is C16H14Cl2N4O2. The van der Waals surface area contributed by atoms with Crippen LogP contribution in [0.4, 0.5) is 0 Å². The van der Waals surface area contributed by atoms with Gasteiger partial charge in [0, 0.05) is 35.5 Å². The van der Waals surface area contributed by atoms with Crippen LogP contribution in [0.5, 0.6) is 0 Å². The summed E-state index contributed by atoms with van der Waals surface area (Å²) >= 11 is 12.3. The zero-order valence-electron chi connectivity index (χ0n) is 12.6. The maximum atomic E-state index is 12.1. The van der Waals surface area contributed by atoms with Gasteiger partial charge in [0.2, 0.25) is 6.41 Å². The van der Waals surface area contributed by atoms with Crippen LogP contribution in [-0.4, -0.2) is 39.0 Å². The number of benzene rings is 1. The van der Waals surface area contributed by atoms with Crippen molar-refractivity contribution in [2.24, 2.45) is 0 Å². The molecule has 4 rings (SSSR count). The van der Waals surface area contributed by atoms with Crippen molar-refractivity contribution in [2.45, 2.75) is 18.8 Å². The van der Waals surface area contributed by atoms with Crippen molar-refractivity contribution in [3.05, 3.63) is 44.3 Å². The van der Waals surface area contributed by atoms with Gasteiger partial charge in [-0.1, -0.05) is 23.2 Å². The minimum Gasteiger partial charge on any atom is -0.345 e. The van der Waals surface area contributed by atoms with Crippen LogP contribution in [0, 0.1) is 0 Å². The second-order valence-electron chi connectivity index (χ2n) is 6.02. The van der Waals surface area contributed by atoms with Crippen LogP contribution in [0.3, 0.4) is 0 Å². The van der Waals surface area contributed by atoms with E-state index in [9.17, 15) is 9.59 Å². The maximum absolute atomic E-state index is 12.1. The largest absolute Gasteiger partial charge is 0.345 e. The number of carbonyl (C=O) groups excluding carboxylic acids is 1. The first-order chi connectivity index (χ1) is 11.6. The van der Waals surface area contributed by atoms with Crippen molar-refractivity contribution in [1.29, 1.82) is 0 Å². The fourth-order valence-electron chi connectivity index (χ4n) is 3.36. The summed E-state index contributed by atoms with van der Waals surface area (Å²) in [6.07, 6.45) is 2.46. The van der Waals surface area contributed by atoms with Gasteiger partial charge in [-0.3, -0.25) is 9.59 Å². The third kappa shape index (κ3) is 2.46. The zero-order chi connectivity index (χ0) is 16.8. The van der Waals surface area contributed by atoms with E-state index in [-0.39, 0.29) is 11.5 Å². The fraction of sp³-hybridized carbons (Fsp3) is 0.312. The van der Waals surface area contributed by atoms with Crippen LogP contribution in [0.2, 0.25) is 10.0 Å². The Balaban J connectivity index is 1.91. The fourth-order valence-corrected chi connectivity index (χ4v) is 3.89. The number of aromatic nitrogens is 3. The molecule has 124 valence electrons. The number of rotatable bonds is 2. The van der Waals surface area contributed by atoms with Crippen LogP contribution in [0.25, 0.3) is 16.6 Å². The summed E-state index contributed by atoms with van der Waals surface area (Å²) in [7, 11) is 0. The standard InChI is InChI=1S/C16H14Cl2N4O2/c17-10-5-11-15(12(18)6-10)20-22-13(7-14(24)19-16(11)22)9-1-3-21(8-23)4-2-9/h5-9H,1-4H2,(H,19,24). The van der Waals surface area contributed by atoms with E-state index in [0.29, 0.717) is 34.3 Å². The van der Waals surface area contributed by atoms with Crippen molar-refractivity contribution in [3.8, 4) is 0 Å². The van der Waals surface area contributed by atoms with E-state index in [0.717, 1.165) is 30.3 Å². The molecule has 3 heterocycles. The molecule has 0 bridgehead atoms. The highest BCUT2D eigenvalue weighted by Gasteiger charge is 2.24. The molecule has 0 saturated carbocycles. The van der Waals surface area contributed by atoms with E-state index in [4.69, 9.17) is 23.2 Å². The normalized spacial score (nSPS) is 16.2. The smallest absolute Gasteiger partial charge is 0.251 e. The third-order valence-electron chi connectivity index (χ3n) is 4.56. The van der Waals surface area contributed by atoms with Gasteiger partial charge in [0.25, 0.3) is 5.56 Å². The molecule has 1 aliphatic rings. The summed E-state index contributed by atoms with van der Waals surface area (Å²) in [5.74, 6) is 0.162. The molecule has 0 aliphatic carbocycles. The molecule has 1 aliphatic heterocycles. The number of H-pyrrole nitrogens is 1. The Kier molecular flexibility index (Phi) is 3.73. The average Bonchev–Trinajstić information content (AvgIpc) is 2.93. The van der Waals surface area contributed by atoms with Crippen LogP contribution >= 0.6 is 23.2 Å². The van der Waals surface area contributed by atoms with Gasteiger partial charge < -0.3 is 9.88 Å². The van der Waals surface area contributed by atoms with E-state index >= 15 is 0 Å². The Hall–Kier alpha value is -2.05. The van der Waals surface area contributed by atoms with Gasteiger partial charge in [0.1, 0.15) is 11.2 Å². The second-order valence-corrected chi connectivity index (χ2v) is 6.86. The minimum atomic E-state index is -0.187. The Labute approximate surface area is 147 Å².